The Morgan fingerprint density at radius 1 is 0.941 bits per heavy atom. The monoisotopic (exact) mass is 484 g/mol. The van der Waals surface area contributed by atoms with Crippen LogP contribution in [0.15, 0.2) is 27.6 Å². The molecule has 0 unspecified atom stereocenters. The summed E-state index contributed by atoms with van der Waals surface area (Å²) in [5.74, 6) is 3.95. The van der Waals surface area contributed by atoms with Crippen molar-refractivity contribution in [2.75, 3.05) is 0 Å². The lowest BCUT2D eigenvalue weighted by Gasteiger charge is -2.61. The van der Waals surface area contributed by atoms with Crippen molar-refractivity contribution in [1.82, 2.24) is 0 Å². The van der Waals surface area contributed by atoms with Crippen molar-refractivity contribution in [3.05, 3.63) is 34.4 Å². The molecule has 0 radical (unpaired) electrons. The van der Waals surface area contributed by atoms with Crippen molar-refractivity contribution < 1.29 is 8.84 Å². The Bertz CT molecular complexity index is 940. The first-order valence-corrected chi connectivity index (χ1v) is 17.0. The first-order valence-electron chi connectivity index (χ1n) is 14.1. The molecule has 1 aromatic rings. The molecule has 4 aliphatic rings. The first-order chi connectivity index (χ1) is 15.8. The van der Waals surface area contributed by atoms with Crippen LogP contribution in [0.25, 0.3) is 0 Å². The van der Waals surface area contributed by atoms with Gasteiger partial charge in [0.2, 0.25) is 0 Å². The number of rotatable bonds is 3. The van der Waals surface area contributed by atoms with Gasteiger partial charge in [0.25, 0.3) is 0 Å². The molecule has 0 N–H and O–H groups in total. The van der Waals surface area contributed by atoms with E-state index in [0.29, 0.717) is 27.9 Å². The van der Waals surface area contributed by atoms with Gasteiger partial charge in [0.1, 0.15) is 0 Å². The summed E-state index contributed by atoms with van der Waals surface area (Å²) in [6.45, 7) is 17.2. The average Bonchev–Trinajstić information content (AvgIpc) is 3.11. The molecule has 1 aromatic heterocycles. The number of hydrogen-bond acceptors (Lipinski definition) is 3. The van der Waals surface area contributed by atoms with Crippen LogP contribution in [0.4, 0.5) is 0 Å². The van der Waals surface area contributed by atoms with Gasteiger partial charge in [0.05, 0.1) is 6.26 Å². The summed E-state index contributed by atoms with van der Waals surface area (Å²) in [6.07, 6.45) is 14.3. The second-order valence-electron chi connectivity index (χ2n) is 14.5. The van der Waals surface area contributed by atoms with Gasteiger partial charge in [0, 0.05) is 12.2 Å². The van der Waals surface area contributed by atoms with Crippen LogP contribution in [-0.4, -0.2) is 14.4 Å². The minimum Gasteiger partial charge on any atom is -0.431 e. The Morgan fingerprint density at radius 3 is 2.32 bits per heavy atom. The molecule has 0 aromatic carbocycles. The van der Waals surface area contributed by atoms with Crippen molar-refractivity contribution in [1.29, 1.82) is 0 Å². The van der Waals surface area contributed by atoms with Gasteiger partial charge < -0.3 is 8.84 Å². The lowest BCUT2D eigenvalue weighted by atomic mass is 9.44. The topological polar surface area (TPSA) is 39.4 Å². The van der Waals surface area contributed by atoms with Crippen LogP contribution in [0.3, 0.4) is 0 Å². The molecule has 0 aliphatic heterocycles. The summed E-state index contributed by atoms with van der Waals surface area (Å²) in [5, 5.41) is 0.291. The van der Waals surface area contributed by atoms with Gasteiger partial charge >= 0.3 is 5.63 Å². The van der Waals surface area contributed by atoms with E-state index in [1.807, 2.05) is 6.07 Å². The third-order valence-corrected chi connectivity index (χ3v) is 16.5. The Morgan fingerprint density at radius 2 is 1.65 bits per heavy atom. The molecule has 4 aliphatic carbocycles. The summed E-state index contributed by atoms with van der Waals surface area (Å²) in [7, 11) is -1.71. The Hall–Kier alpha value is -0.873. The van der Waals surface area contributed by atoms with E-state index in [-0.39, 0.29) is 5.63 Å². The smallest absolute Gasteiger partial charge is 0.335 e. The molecule has 4 heteroatoms. The Kier molecular flexibility index (Phi) is 6.08. The van der Waals surface area contributed by atoms with Gasteiger partial charge in [-0.2, -0.15) is 0 Å². The highest BCUT2D eigenvalue weighted by Crippen LogP contribution is 2.69. The lowest BCUT2D eigenvalue weighted by Crippen LogP contribution is -2.55. The minimum absolute atomic E-state index is 0.230. The van der Waals surface area contributed by atoms with Crippen molar-refractivity contribution in [2.45, 2.75) is 123 Å². The van der Waals surface area contributed by atoms with Crippen LogP contribution in [0.2, 0.25) is 18.1 Å². The van der Waals surface area contributed by atoms with Gasteiger partial charge in [0.15, 0.2) is 8.32 Å². The third-order valence-electron chi connectivity index (χ3n) is 12.0. The zero-order valence-corrected chi connectivity index (χ0v) is 23.8. The molecular weight excluding hydrogens is 436 g/mol. The zero-order chi connectivity index (χ0) is 24.5. The van der Waals surface area contributed by atoms with Crippen molar-refractivity contribution in [2.24, 2.45) is 34.5 Å². The van der Waals surface area contributed by atoms with Crippen LogP contribution < -0.4 is 5.63 Å². The van der Waals surface area contributed by atoms with E-state index >= 15 is 0 Å². The fourth-order valence-corrected chi connectivity index (χ4v) is 10.4. The van der Waals surface area contributed by atoms with E-state index in [1.54, 1.807) is 12.3 Å². The van der Waals surface area contributed by atoms with E-state index in [4.69, 9.17) is 8.84 Å². The summed E-state index contributed by atoms with van der Waals surface area (Å²) < 4.78 is 12.2. The fourth-order valence-electron chi connectivity index (χ4n) is 9.03. The van der Waals surface area contributed by atoms with Crippen molar-refractivity contribution >= 4 is 8.32 Å². The maximum absolute atomic E-state index is 11.5. The van der Waals surface area contributed by atoms with E-state index < -0.39 is 8.32 Å². The number of hydrogen-bond donors (Lipinski definition) is 0. The normalized spacial score (nSPS) is 42.6. The summed E-state index contributed by atoms with van der Waals surface area (Å²) >= 11 is 0. The zero-order valence-electron chi connectivity index (χ0n) is 22.8. The van der Waals surface area contributed by atoms with Crippen LogP contribution in [-0.2, 0) is 4.43 Å². The van der Waals surface area contributed by atoms with E-state index in [1.165, 1.54) is 63.4 Å². The summed E-state index contributed by atoms with van der Waals surface area (Å²) in [5.41, 5.74) is 1.88. The molecule has 5 rings (SSSR count). The van der Waals surface area contributed by atoms with Crippen LogP contribution in [0.1, 0.15) is 104 Å². The lowest BCUT2D eigenvalue weighted by molar-refractivity contribution is -0.121. The molecule has 8 atom stereocenters. The maximum atomic E-state index is 11.5. The molecule has 0 saturated heterocycles. The van der Waals surface area contributed by atoms with Gasteiger partial charge in [-0.3, -0.25) is 0 Å². The molecule has 4 saturated carbocycles. The molecule has 1 heterocycles. The average molecular weight is 485 g/mol. The van der Waals surface area contributed by atoms with E-state index in [2.05, 4.69) is 47.7 Å². The van der Waals surface area contributed by atoms with Crippen LogP contribution >= 0.6 is 0 Å². The van der Waals surface area contributed by atoms with Gasteiger partial charge in [-0.15, -0.1) is 0 Å². The minimum atomic E-state index is -1.71. The second-order valence-corrected chi connectivity index (χ2v) is 19.3. The molecule has 0 amide bonds. The fraction of sp³-hybridized carbons (Fsp3) is 0.833. The summed E-state index contributed by atoms with van der Waals surface area (Å²) in [6, 6.07) is 3.66. The molecule has 34 heavy (non-hydrogen) atoms. The molecule has 0 spiro atoms. The van der Waals surface area contributed by atoms with Gasteiger partial charge in [-0.1, -0.05) is 34.6 Å². The predicted molar refractivity (Wildman–Crippen MR) is 142 cm³/mol. The highest BCUT2D eigenvalue weighted by atomic mass is 28.4. The van der Waals surface area contributed by atoms with E-state index in [0.717, 1.165) is 23.7 Å². The first kappa shape index (κ1) is 24.8. The Labute approximate surface area is 208 Å². The van der Waals surface area contributed by atoms with Crippen molar-refractivity contribution in [3.63, 3.8) is 0 Å². The third kappa shape index (κ3) is 3.90. The van der Waals surface area contributed by atoms with E-state index in [9.17, 15) is 4.79 Å². The highest BCUT2D eigenvalue weighted by Gasteiger charge is 2.60. The maximum Gasteiger partial charge on any atom is 0.335 e. The van der Waals surface area contributed by atoms with Gasteiger partial charge in [-0.05, 0) is 128 Å². The second kappa shape index (κ2) is 8.33. The molecule has 0 bridgehead atoms. The number of fused-ring (bicyclic) bond motifs is 5. The molecule has 4 fully saturated rings. The highest BCUT2D eigenvalue weighted by molar-refractivity contribution is 6.74. The van der Waals surface area contributed by atoms with Crippen LogP contribution in [0, 0.1) is 34.5 Å². The molecule has 3 nitrogen and oxygen atoms in total. The molecule has 190 valence electrons. The van der Waals surface area contributed by atoms with Gasteiger partial charge in [-0.25, -0.2) is 4.79 Å². The quantitative estimate of drug-likeness (QED) is 0.406. The largest absolute Gasteiger partial charge is 0.431 e. The molecular formula is C30H48O3Si. The van der Waals surface area contributed by atoms with Crippen LogP contribution in [0.5, 0.6) is 0 Å². The van der Waals surface area contributed by atoms with Crippen molar-refractivity contribution in [3.8, 4) is 0 Å². The SMILES string of the molecule is CC(C)(C)[Si](C)(C)O[C@H]1CC[C@@]2(C)[C@H](CC[C@H]3[C@H]4CC[C@H](c5ccc(=O)oc5)[C@@]4(C)CC[C@@H]32)C1. The predicted octanol–water partition coefficient (Wildman–Crippen LogP) is 8.16. The standard InChI is InChI=1S/C30H48O3Si/c1-28(2,3)34(6,7)33-22-14-16-29(4)21(18-22)9-10-23-25-12-11-24(20-8-13-27(31)32-19-20)30(25,5)17-15-26(23)29/h8,13,19,21-26H,9-12,14-18H2,1-7H3/t21-,22+,23+,24-,25-,26+,29+,30-/m1/s1. The summed E-state index contributed by atoms with van der Waals surface area (Å²) in [4.78, 5) is 11.5. The Balaban J connectivity index is 1.32.